The molecule has 0 aliphatic heterocycles. The van der Waals surface area contributed by atoms with Gasteiger partial charge >= 0.3 is 0 Å². The van der Waals surface area contributed by atoms with Crippen LogP contribution in [-0.2, 0) is 0 Å². The van der Waals surface area contributed by atoms with Crippen molar-refractivity contribution in [3.63, 3.8) is 0 Å². The van der Waals surface area contributed by atoms with E-state index < -0.39 is 0 Å². The molecule has 8 heteroatoms. The third-order valence-electron chi connectivity index (χ3n) is 6.13. The average Bonchev–Trinajstić information content (AvgIpc) is 3.35. The van der Waals surface area contributed by atoms with E-state index in [0.717, 1.165) is 50.0 Å². The van der Waals surface area contributed by atoms with Gasteiger partial charge in [0.1, 0.15) is 5.56 Å². The Morgan fingerprint density at radius 2 is 1.87 bits per heavy atom. The molecule has 1 amide bonds. The molecule has 1 N–H and O–H groups in total. The summed E-state index contributed by atoms with van der Waals surface area (Å²) in [6.45, 7) is 9.36. The zero-order valence-electron chi connectivity index (χ0n) is 24.2. The van der Waals surface area contributed by atoms with Crippen LogP contribution >= 0.6 is 0 Å². The molecule has 2 aromatic heterocycles. The highest BCUT2D eigenvalue weighted by Crippen LogP contribution is 2.21. The lowest BCUT2D eigenvalue weighted by molar-refractivity contribution is 0.0971. The first-order chi connectivity index (χ1) is 18.4. The number of anilines is 1. The second kappa shape index (κ2) is 16.3. The van der Waals surface area contributed by atoms with E-state index in [1.807, 2.05) is 32.0 Å². The van der Waals surface area contributed by atoms with Gasteiger partial charge in [-0.05, 0) is 71.1 Å². The van der Waals surface area contributed by atoms with Crippen molar-refractivity contribution in [1.82, 2.24) is 24.8 Å². The molecule has 0 saturated carbocycles. The van der Waals surface area contributed by atoms with Crippen LogP contribution in [0.4, 0.5) is 5.69 Å². The van der Waals surface area contributed by atoms with E-state index in [0.29, 0.717) is 17.1 Å². The molecule has 38 heavy (non-hydrogen) atoms. The number of unbranched alkanes of at least 4 members (excludes halogenated alkanes) is 1. The third kappa shape index (κ3) is 9.41. The Bertz CT molecular complexity index is 1160. The van der Waals surface area contributed by atoms with Crippen molar-refractivity contribution in [2.24, 2.45) is 11.0 Å². The number of rotatable bonds is 13. The number of carbonyl (C=O) groups is 1. The predicted octanol–water partition coefficient (Wildman–Crippen LogP) is 5.95. The topological polar surface area (TPSA) is 78.1 Å². The van der Waals surface area contributed by atoms with E-state index >= 15 is 0 Å². The molecule has 206 valence electrons. The average molecular weight is 520 g/mol. The number of hydrazone groups is 1. The number of aromatic nitrogens is 3. The maximum atomic E-state index is 12.8. The maximum Gasteiger partial charge on any atom is 0.260 e. The number of nitrogens with zero attached hydrogens (tertiary/aromatic N) is 6. The van der Waals surface area contributed by atoms with Gasteiger partial charge < -0.3 is 10.2 Å². The molecule has 3 aromatic rings. The molecule has 2 heterocycles. The number of aryl methyl sites for hydroxylation is 1. The van der Waals surface area contributed by atoms with Crippen LogP contribution in [0.1, 0.15) is 68.8 Å². The Kier molecular flexibility index (Phi) is 13.2. The Balaban J connectivity index is 0.00000247. The lowest BCUT2D eigenvalue weighted by Gasteiger charge is -2.21. The van der Waals surface area contributed by atoms with Crippen LogP contribution in [-0.4, -0.2) is 58.8 Å². The van der Waals surface area contributed by atoms with Crippen molar-refractivity contribution < 1.29 is 4.79 Å². The summed E-state index contributed by atoms with van der Waals surface area (Å²) in [4.78, 5) is 19.3. The highest BCUT2D eigenvalue weighted by Gasteiger charge is 2.16. The van der Waals surface area contributed by atoms with Crippen LogP contribution in [0.2, 0.25) is 0 Å². The van der Waals surface area contributed by atoms with Gasteiger partial charge in [-0.25, -0.2) is 9.50 Å². The Labute approximate surface area is 228 Å². The number of hydrogen-bond donors (Lipinski definition) is 1. The van der Waals surface area contributed by atoms with Crippen molar-refractivity contribution in [2.45, 2.75) is 59.8 Å². The summed E-state index contributed by atoms with van der Waals surface area (Å²) >= 11 is 0. The molecular formula is C30H45N7O. The molecule has 1 aromatic carbocycles. The van der Waals surface area contributed by atoms with Crippen molar-refractivity contribution in [3.05, 3.63) is 72.3 Å². The number of amides is 1. The van der Waals surface area contributed by atoms with E-state index in [1.54, 1.807) is 29.2 Å². The first-order valence-electron chi connectivity index (χ1n) is 13.7. The van der Waals surface area contributed by atoms with E-state index in [9.17, 15) is 4.79 Å². The summed E-state index contributed by atoms with van der Waals surface area (Å²) in [5.41, 5.74) is 4.16. The van der Waals surface area contributed by atoms with Gasteiger partial charge in [0.2, 0.25) is 0 Å². The van der Waals surface area contributed by atoms with Gasteiger partial charge in [0.15, 0.2) is 5.65 Å². The normalized spacial score (nSPS) is 12.5. The van der Waals surface area contributed by atoms with E-state index in [2.05, 4.69) is 72.5 Å². The quantitative estimate of drug-likeness (QED) is 0.172. The number of hydrogen-bond acceptors (Lipinski definition) is 6. The van der Waals surface area contributed by atoms with Crippen molar-refractivity contribution in [1.29, 1.82) is 0 Å². The molecule has 0 bridgehead atoms. The standard InChI is InChI=1S/C28H39N7O.C2H6/c1-6-10-23(11-7-8-19-33(3)4)26(32-34(5)24-14-12-22(2)13-15-24)16-18-30-28(36)25-21-31-35-20-9-17-29-27(25)35;1-2/h9,12-18,20-21,23H,6-8,10-11,19H2,1-5H3,(H,30,36);1-2H3/b18-16+,32-26+;. The van der Waals surface area contributed by atoms with Crippen LogP contribution in [0.5, 0.6) is 0 Å². The van der Waals surface area contributed by atoms with Gasteiger partial charge in [-0.15, -0.1) is 0 Å². The van der Waals surface area contributed by atoms with Crippen molar-refractivity contribution in [3.8, 4) is 0 Å². The summed E-state index contributed by atoms with van der Waals surface area (Å²) in [5, 5.41) is 14.0. The number of carbonyl (C=O) groups excluding carboxylic acids is 1. The summed E-state index contributed by atoms with van der Waals surface area (Å²) < 4.78 is 1.59. The lowest BCUT2D eigenvalue weighted by Crippen LogP contribution is -2.22. The molecule has 0 saturated heterocycles. The maximum absolute atomic E-state index is 12.8. The molecule has 3 rings (SSSR count). The fraction of sp³-hybridized carbons (Fsp3) is 0.467. The van der Waals surface area contributed by atoms with E-state index in [1.165, 1.54) is 11.8 Å². The SMILES string of the molecule is CC.CCCC(CCCCN(C)C)C(/C=C/NC(=O)c1cnn2cccnc12)=N/N(C)c1ccc(C)cc1. The Morgan fingerprint density at radius 1 is 1.13 bits per heavy atom. The highest BCUT2D eigenvalue weighted by atomic mass is 16.1. The van der Waals surface area contributed by atoms with Crippen LogP contribution < -0.4 is 10.3 Å². The summed E-state index contributed by atoms with van der Waals surface area (Å²) in [6.07, 6.45) is 14.0. The fourth-order valence-electron chi connectivity index (χ4n) is 4.12. The zero-order chi connectivity index (χ0) is 27.9. The van der Waals surface area contributed by atoms with E-state index in [-0.39, 0.29) is 5.91 Å². The molecule has 0 aliphatic rings. The fourth-order valence-corrected chi connectivity index (χ4v) is 4.12. The monoisotopic (exact) mass is 519 g/mol. The number of benzene rings is 1. The minimum atomic E-state index is -0.246. The lowest BCUT2D eigenvalue weighted by atomic mass is 9.92. The van der Waals surface area contributed by atoms with Gasteiger partial charge in [0, 0.05) is 31.6 Å². The molecule has 1 atom stereocenters. The van der Waals surface area contributed by atoms with Crippen LogP contribution in [0, 0.1) is 12.8 Å². The van der Waals surface area contributed by atoms with Gasteiger partial charge in [-0.2, -0.15) is 10.2 Å². The Hall–Kier alpha value is -3.52. The van der Waals surface area contributed by atoms with Gasteiger partial charge in [-0.3, -0.25) is 9.80 Å². The highest BCUT2D eigenvalue weighted by molar-refractivity contribution is 6.01. The van der Waals surface area contributed by atoms with Gasteiger partial charge in [0.05, 0.1) is 17.6 Å². The minimum Gasteiger partial charge on any atom is -0.328 e. The predicted molar refractivity (Wildman–Crippen MR) is 159 cm³/mol. The van der Waals surface area contributed by atoms with Gasteiger partial charge in [0.25, 0.3) is 5.91 Å². The smallest absolute Gasteiger partial charge is 0.260 e. The zero-order valence-corrected chi connectivity index (χ0v) is 24.2. The summed E-state index contributed by atoms with van der Waals surface area (Å²) in [6, 6.07) is 10.1. The molecule has 0 radical (unpaired) electrons. The Morgan fingerprint density at radius 3 is 2.55 bits per heavy atom. The van der Waals surface area contributed by atoms with E-state index in [4.69, 9.17) is 5.10 Å². The van der Waals surface area contributed by atoms with Crippen LogP contribution in [0.3, 0.4) is 0 Å². The number of nitrogens with one attached hydrogen (secondary N) is 1. The number of allylic oxidation sites excluding steroid dienone is 1. The van der Waals surface area contributed by atoms with Crippen LogP contribution in [0.15, 0.2) is 66.3 Å². The number of fused-ring (bicyclic) bond motifs is 1. The largest absolute Gasteiger partial charge is 0.328 e. The molecular weight excluding hydrogens is 474 g/mol. The molecule has 0 spiro atoms. The van der Waals surface area contributed by atoms with Gasteiger partial charge in [-0.1, -0.05) is 51.3 Å². The molecule has 1 unspecified atom stereocenters. The van der Waals surface area contributed by atoms with Crippen molar-refractivity contribution in [2.75, 3.05) is 32.7 Å². The second-order valence-corrected chi connectivity index (χ2v) is 9.42. The third-order valence-corrected chi connectivity index (χ3v) is 6.13. The first kappa shape index (κ1) is 30.7. The van der Waals surface area contributed by atoms with Crippen LogP contribution in [0.25, 0.3) is 5.65 Å². The molecule has 0 fully saturated rings. The first-order valence-corrected chi connectivity index (χ1v) is 13.7. The summed E-state index contributed by atoms with van der Waals surface area (Å²) in [5.74, 6) is 0.0565. The summed E-state index contributed by atoms with van der Waals surface area (Å²) in [7, 11) is 6.19. The molecule has 8 nitrogen and oxygen atoms in total. The van der Waals surface area contributed by atoms with Crippen molar-refractivity contribution >= 4 is 23.0 Å². The molecule has 0 aliphatic carbocycles. The minimum absolute atomic E-state index is 0.246. The second-order valence-electron chi connectivity index (χ2n) is 9.42.